The van der Waals surface area contributed by atoms with Gasteiger partial charge in [-0.25, -0.2) is 0 Å². The highest BCUT2D eigenvalue weighted by molar-refractivity contribution is 6.14. The fourth-order valence-electron chi connectivity index (χ4n) is 4.28. The zero-order chi connectivity index (χ0) is 15.6. The molecule has 1 N–H and O–H groups in total. The van der Waals surface area contributed by atoms with E-state index in [1.54, 1.807) is 13.8 Å². The summed E-state index contributed by atoms with van der Waals surface area (Å²) in [6.45, 7) is 5.64. The molecule has 1 saturated carbocycles. The van der Waals surface area contributed by atoms with E-state index in [1.807, 2.05) is 6.92 Å². The minimum absolute atomic E-state index is 0.200. The van der Waals surface area contributed by atoms with Crippen LogP contribution in [0.3, 0.4) is 0 Å². The first kappa shape index (κ1) is 16.1. The number of carbonyl (C=O) groups excluding carboxylic acids is 2. The standard InChI is InChI=1S/C17H26O4/c1-4-17(16(20)21-5-2)13(11(3)14(18)15(17)19)12-9-7-6-8-10-12/h12-13,18H,4-10H2,1-3H3/t13-,17+/m1/s1. The van der Waals surface area contributed by atoms with Gasteiger partial charge in [-0.3, -0.25) is 9.59 Å². The third-order valence-corrected chi connectivity index (χ3v) is 5.31. The average Bonchev–Trinajstić information content (AvgIpc) is 2.70. The summed E-state index contributed by atoms with van der Waals surface area (Å²) in [5, 5.41) is 10.2. The van der Waals surface area contributed by atoms with E-state index in [-0.39, 0.29) is 24.2 Å². The summed E-state index contributed by atoms with van der Waals surface area (Å²) in [5.74, 6) is -1.01. The van der Waals surface area contributed by atoms with E-state index in [0.717, 1.165) is 25.7 Å². The number of carbonyl (C=O) groups is 2. The van der Waals surface area contributed by atoms with Crippen molar-refractivity contribution in [2.45, 2.75) is 59.3 Å². The lowest BCUT2D eigenvalue weighted by Gasteiger charge is -2.38. The zero-order valence-corrected chi connectivity index (χ0v) is 13.3. The van der Waals surface area contributed by atoms with E-state index < -0.39 is 17.2 Å². The molecule has 1 fully saturated rings. The molecular weight excluding hydrogens is 268 g/mol. The second-order valence-corrected chi connectivity index (χ2v) is 6.28. The fraction of sp³-hybridized carbons (Fsp3) is 0.765. The van der Waals surface area contributed by atoms with Crippen LogP contribution in [-0.2, 0) is 14.3 Å². The molecule has 0 spiro atoms. The highest BCUT2D eigenvalue weighted by Gasteiger charge is 2.60. The van der Waals surface area contributed by atoms with Crippen LogP contribution in [0.4, 0.5) is 0 Å². The smallest absolute Gasteiger partial charge is 0.320 e. The predicted molar refractivity (Wildman–Crippen MR) is 79.8 cm³/mol. The minimum Gasteiger partial charge on any atom is -0.504 e. The van der Waals surface area contributed by atoms with Gasteiger partial charge in [0.2, 0.25) is 5.78 Å². The van der Waals surface area contributed by atoms with Crippen LogP contribution in [0.1, 0.15) is 59.3 Å². The number of aliphatic hydroxyl groups excluding tert-OH is 1. The van der Waals surface area contributed by atoms with Gasteiger partial charge in [-0.15, -0.1) is 0 Å². The maximum atomic E-state index is 12.6. The lowest BCUT2D eigenvalue weighted by Crippen LogP contribution is -2.46. The molecule has 0 aromatic carbocycles. The number of rotatable bonds is 4. The zero-order valence-electron chi connectivity index (χ0n) is 13.3. The van der Waals surface area contributed by atoms with Gasteiger partial charge in [0.25, 0.3) is 0 Å². The summed E-state index contributed by atoms with van der Waals surface area (Å²) in [7, 11) is 0. The highest BCUT2D eigenvalue weighted by atomic mass is 16.5. The molecule has 0 aliphatic heterocycles. The van der Waals surface area contributed by atoms with Crippen LogP contribution in [0.15, 0.2) is 11.3 Å². The molecule has 0 bridgehead atoms. The Bertz CT molecular complexity index is 459. The first-order chi connectivity index (χ1) is 10.0. The predicted octanol–water partition coefficient (Wildman–Crippen LogP) is 3.56. The monoisotopic (exact) mass is 294 g/mol. The van der Waals surface area contributed by atoms with Crippen LogP contribution < -0.4 is 0 Å². The van der Waals surface area contributed by atoms with E-state index in [2.05, 4.69) is 0 Å². The summed E-state index contributed by atoms with van der Waals surface area (Å²) < 4.78 is 5.21. The maximum absolute atomic E-state index is 12.6. The molecule has 0 amide bonds. The summed E-state index contributed by atoms with van der Waals surface area (Å²) in [4.78, 5) is 25.2. The third-order valence-electron chi connectivity index (χ3n) is 5.31. The maximum Gasteiger partial charge on any atom is 0.320 e. The van der Waals surface area contributed by atoms with Crippen molar-refractivity contribution in [2.75, 3.05) is 6.61 Å². The van der Waals surface area contributed by atoms with Gasteiger partial charge in [0.1, 0.15) is 5.41 Å². The molecule has 0 aromatic heterocycles. The molecule has 0 radical (unpaired) electrons. The van der Waals surface area contributed by atoms with Crippen molar-refractivity contribution in [1.82, 2.24) is 0 Å². The normalized spacial score (nSPS) is 30.8. The van der Waals surface area contributed by atoms with Crippen LogP contribution in [-0.4, -0.2) is 23.5 Å². The summed E-state index contributed by atoms with van der Waals surface area (Å²) in [6, 6.07) is 0. The summed E-state index contributed by atoms with van der Waals surface area (Å²) in [5.41, 5.74) is -0.520. The number of allylic oxidation sites excluding steroid dienone is 2. The molecule has 2 atom stereocenters. The van der Waals surface area contributed by atoms with Gasteiger partial charge in [-0.1, -0.05) is 26.2 Å². The van der Waals surface area contributed by atoms with Gasteiger partial charge in [0.15, 0.2) is 5.76 Å². The van der Waals surface area contributed by atoms with Crippen molar-refractivity contribution in [1.29, 1.82) is 0 Å². The number of Topliss-reactive ketones (excluding diaryl/α,β-unsaturated/α-hetero) is 1. The molecule has 0 unspecified atom stereocenters. The van der Waals surface area contributed by atoms with Crippen LogP contribution in [0.5, 0.6) is 0 Å². The summed E-state index contributed by atoms with van der Waals surface area (Å²) >= 11 is 0. The second kappa shape index (κ2) is 6.20. The topological polar surface area (TPSA) is 63.6 Å². The molecule has 0 heterocycles. The Balaban J connectivity index is 2.44. The third kappa shape index (κ3) is 2.39. The minimum atomic E-state index is -1.20. The Morgan fingerprint density at radius 3 is 2.43 bits per heavy atom. The molecule has 0 saturated heterocycles. The van der Waals surface area contributed by atoms with Crippen LogP contribution in [0, 0.1) is 17.3 Å². The number of ether oxygens (including phenoxy) is 1. The molecule has 4 nitrogen and oxygen atoms in total. The van der Waals surface area contributed by atoms with Gasteiger partial charge >= 0.3 is 5.97 Å². The molecule has 0 aromatic rings. The molecular formula is C17H26O4. The second-order valence-electron chi connectivity index (χ2n) is 6.28. The van der Waals surface area contributed by atoms with Crippen molar-refractivity contribution in [3.63, 3.8) is 0 Å². The van der Waals surface area contributed by atoms with Crippen molar-refractivity contribution in [3.8, 4) is 0 Å². The number of aliphatic hydroxyl groups is 1. The Hall–Kier alpha value is -1.32. The Kier molecular flexibility index (Phi) is 4.74. The number of hydrogen-bond donors (Lipinski definition) is 1. The molecule has 2 rings (SSSR count). The van der Waals surface area contributed by atoms with Crippen molar-refractivity contribution in [2.24, 2.45) is 17.3 Å². The van der Waals surface area contributed by atoms with Gasteiger partial charge in [0, 0.05) is 5.92 Å². The first-order valence-electron chi connectivity index (χ1n) is 8.12. The van der Waals surface area contributed by atoms with Crippen molar-refractivity contribution in [3.05, 3.63) is 11.3 Å². The van der Waals surface area contributed by atoms with Gasteiger partial charge in [0.05, 0.1) is 6.61 Å². The van der Waals surface area contributed by atoms with Crippen LogP contribution in [0.2, 0.25) is 0 Å². The average molecular weight is 294 g/mol. The Morgan fingerprint density at radius 1 is 1.29 bits per heavy atom. The van der Waals surface area contributed by atoms with Crippen LogP contribution in [0.25, 0.3) is 0 Å². The lowest BCUT2D eigenvalue weighted by atomic mass is 9.63. The van der Waals surface area contributed by atoms with E-state index in [1.165, 1.54) is 6.42 Å². The number of ketones is 1. The largest absolute Gasteiger partial charge is 0.504 e. The van der Waals surface area contributed by atoms with Gasteiger partial charge in [-0.05, 0) is 44.6 Å². The van der Waals surface area contributed by atoms with Crippen molar-refractivity contribution >= 4 is 11.8 Å². The Morgan fingerprint density at radius 2 is 1.90 bits per heavy atom. The molecule has 21 heavy (non-hydrogen) atoms. The quantitative estimate of drug-likeness (QED) is 0.636. The van der Waals surface area contributed by atoms with E-state index in [0.29, 0.717) is 12.0 Å². The number of hydrogen-bond acceptors (Lipinski definition) is 4. The van der Waals surface area contributed by atoms with Gasteiger partial charge < -0.3 is 9.84 Å². The lowest BCUT2D eigenvalue weighted by molar-refractivity contribution is -0.163. The van der Waals surface area contributed by atoms with E-state index >= 15 is 0 Å². The van der Waals surface area contributed by atoms with Crippen LogP contribution >= 0.6 is 0 Å². The summed E-state index contributed by atoms with van der Waals surface area (Å²) in [6.07, 6.45) is 5.89. The highest BCUT2D eigenvalue weighted by Crippen LogP contribution is 2.53. The fourth-order valence-corrected chi connectivity index (χ4v) is 4.28. The van der Waals surface area contributed by atoms with Gasteiger partial charge in [-0.2, -0.15) is 0 Å². The molecule has 2 aliphatic carbocycles. The SMILES string of the molecule is CCOC(=O)[C@]1(CC)C(=O)C(O)=C(C)[C@@H]1C1CCCCC1. The Labute approximate surface area is 126 Å². The molecule has 4 heteroatoms. The molecule has 2 aliphatic rings. The van der Waals surface area contributed by atoms with E-state index in [9.17, 15) is 14.7 Å². The number of esters is 1. The molecule has 118 valence electrons. The van der Waals surface area contributed by atoms with Crippen molar-refractivity contribution < 1.29 is 19.4 Å². The van der Waals surface area contributed by atoms with E-state index in [4.69, 9.17) is 4.74 Å². The first-order valence-corrected chi connectivity index (χ1v) is 8.12.